The number of benzene rings is 1. The lowest BCUT2D eigenvalue weighted by atomic mass is 10.2. The molecule has 0 aliphatic heterocycles. The monoisotopic (exact) mass is 308 g/mol. The summed E-state index contributed by atoms with van der Waals surface area (Å²) in [5, 5.41) is -0.993. The molecule has 21 heavy (non-hydrogen) atoms. The van der Waals surface area contributed by atoms with Crippen molar-refractivity contribution in [3.8, 4) is 0 Å². The Balaban J connectivity index is 2.38. The molecule has 2 aromatic rings. The van der Waals surface area contributed by atoms with E-state index in [4.69, 9.17) is 0 Å². The summed E-state index contributed by atoms with van der Waals surface area (Å²) in [6.45, 7) is 4.25. The highest BCUT2D eigenvalue weighted by molar-refractivity contribution is 7.92. The molecule has 0 saturated carbocycles. The molecule has 114 valence electrons. The molecule has 1 aromatic carbocycles. The molecule has 0 N–H and O–H groups in total. The average molecular weight is 308 g/mol. The van der Waals surface area contributed by atoms with Crippen molar-refractivity contribution in [2.24, 2.45) is 0 Å². The Labute approximate surface area is 124 Å². The Hall–Kier alpha value is -1.69. The molecule has 0 aliphatic rings. The number of rotatable bonds is 6. The number of nitrogens with zero attached hydrogens (tertiary/aromatic N) is 2. The number of hydrogen-bond donors (Lipinski definition) is 0. The van der Waals surface area contributed by atoms with Gasteiger partial charge in [-0.05, 0) is 25.5 Å². The van der Waals surface area contributed by atoms with E-state index in [-0.39, 0.29) is 12.2 Å². The van der Waals surface area contributed by atoms with Gasteiger partial charge in [-0.25, -0.2) is 13.4 Å². The van der Waals surface area contributed by atoms with Gasteiger partial charge in [-0.2, -0.15) is 0 Å². The lowest BCUT2D eigenvalue weighted by molar-refractivity contribution is -0.117. The lowest BCUT2D eigenvalue weighted by Gasteiger charge is -2.10. The van der Waals surface area contributed by atoms with Gasteiger partial charge in [0.25, 0.3) is 0 Å². The van der Waals surface area contributed by atoms with E-state index in [2.05, 4.69) is 11.9 Å². The minimum atomic E-state index is -3.36. The molecule has 0 fully saturated rings. The van der Waals surface area contributed by atoms with Crippen molar-refractivity contribution >= 4 is 26.7 Å². The second-order valence-corrected chi connectivity index (χ2v) is 7.65. The van der Waals surface area contributed by atoms with E-state index >= 15 is 0 Å². The van der Waals surface area contributed by atoms with E-state index in [0.29, 0.717) is 5.82 Å². The molecule has 1 heterocycles. The molecule has 1 unspecified atom stereocenters. The van der Waals surface area contributed by atoms with Crippen LogP contribution in [0.15, 0.2) is 24.3 Å². The maximum Gasteiger partial charge on any atom is 0.158 e. The number of Topliss-reactive ketones (excluding diaryl/α,β-unsaturated/α-hetero) is 1. The summed E-state index contributed by atoms with van der Waals surface area (Å²) in [6.07, 6.45) is 2.05. The van der Waals surface area contributed by atoms with E-state index in [1.807, 2.05) is 28.8 Å². The molecule has 0 bridgehead atoms. The smallest absolute Gasteiger partial charge is 0.158 e. The number of aromatic nitrogens is 2. The van der Waals surface area contributed by atoms with Gasteiger partial charge >= 0.3 is 0 Å². The van der Waals surface area contributed by atoms with E-state index in [9.17, 15) is 13.2 Å². The number of aryl methyl sites for hydroxylation is 1. The summed E-state index contributed by atoms with van der Waals surface area (Å²) >= 11 is 0. The summed E-state index contributed by atoms with van der Waals surface area (Å²) in [5.41, 5.74) is 1.81. The highest BCUT2D eigenvalue weighted by Crippen LogP contribution is 2.18. The predicted molar refractivity (Wildman–Crippen MR) is 83.0 cm³/mol. The number of sulfone groups is 1. The van der Waals surface area contributed by atoms with Crippen LogP contribution in [0.5, 0.6) is 0 Å². The van der Waals surface area contributed by atoms with Crippen LogP contribution in [0.3, 0.4) is 0 Å². The largest absolute Gasteiger partial charge is 0.328 e. The number of hydrogen-bond acceptors (Lipinski definition) is 4. The first-order chi connectivity index (χ1) is 9.84. The van der Waals surface area contributed by atoms with Gasteiger partial charge in [0.05, 0.1) is 17.5 Å². The third kappa shape index (κ3) is 3.32. The first-order valence-corrected chi connectivity index (χ1v) is 8.95. The number of imidazole rings is 1. The molecule has 2 rings (SSSR count). The van der Waals surface area contributed by atoms with Gasteiger partial charge in [0, 0.05) is 12.8 Å². The molecule has 0 amide bonds. The summed E-state index contributed by atoms with van der Waals surface area (Å²) < 4.78 is 25.0. The topological polar surface area (TPSA) is 69.0 Å². The summed E-state index contributed by atoms with van der Waals surface area (Å²) in [6, 6.07) is 7.69. The SMILES string of the molecule is CCCn1c(CC(=O)C(C)S(C)(=O)=O)nc2ccccc21. The van der Waals surface area contributed by atoms with E-state index in [1.165, 1.54) is 6.92 Å². The molecule has 5 nitrogen and oxygen atoms in total. The minimum absolute atomic E-state index is 0.0446. The molecule has 0 spiro atoms. The van der Waals surface area contributed by atoms with Gasteiger partial charge in [0.1, 0.15) is 11.1 Å². The van der Waals surface area contributed by atoms with Crippen molar-refractivity contribution in [3.05, 3.63) is 30.1 Å². The Morgan fingerprint density at radius 1 is 1.33 bits per heavy atom. The van der Waals surface area contributed by atoms with Crippen LogP contribution in [0.25, 0.3) is 11.0 Å². The molecule has 6 heteroatoms. The van der Waals surface area contributed by atoms with E-state index in [0.717, 1.165) is 30.3 Å². The standard InChI is InChI=1S/C15H20N2O3S/c1-4-9-17-13-8-6-5-7-12(13)16-15(17)10-14(18)11(2)21(3,19)20/h5-8,11H,4,9-10H2,1-3H3. The maximum atomic E-state index is 12.2. The Bertz CT molecular complexity index is 762. The Kier molecular flexibility index (Phi) is 4.46. The van der Waals surface area contributed by atoms with Crippen LogP contribution < -0.4 is 0 Å². The molecular weight excluding hydrogens is 288 g/mol. The zero-order valence-corrected chi connectivity index (χ0v) is 13.4. The van der Waals surface area contributed by atoms with Crippen LogP contribution >= 0.6 is 0 Å². The van der Waals surface area contributed by atoms with Crippen LogP contribution in [-0.2, 0) is 27.6 Å². The van der Waals surface area contributed by atoms with Crippen molar-refractivity contribution < 1.29 is 13.2 Å². The number of carbonyl (C=O) groups is 1. The number of ketones is 1. The van der Waals surface area contributed by atoms with Gasteiger partial charge in [0.2, 0.25) is 0 Å². The minimum Gasteiger partial charge on any atom is -0.328 e. The van der Waals surface area contributed by atoms with Gasteiger partial charge in [-0.3, -0.25) is 4.79 Å². The van der Waals surface area contributed by atoms with Crippen LogP contribution in [0.2, 0.25) is 0 Å². The highest BCUT2D eigenvalue weighted by Gasteiger charge is 2.25. The number of carbonyl (C=O) groups excluding carboxylic acids is 1. The Morgan fingerprint density at radius 3 is 2.62 bits per heavy atom. The average Bonchev–Trinajstić information content (AvgIpc) is 2.75. The second kappa shape index (κ2) is 5.97. The molecule has 0 saturated heterocycles. The third-order valence-electron chi connectivity index (χ3n) is 3.61. The van der Waals surface area contributed by atoms with Gasteiger partial charge in [-0.1, -0.05) is 19.1 Å². The summed E-state index contributed by atoms with van der Waals surface area (Å²) in [4.78, 5) is 16.6. The van der Waals surface area contributed by atoms with Crippen molar-refractivity contribution in [1.82, 2.24) is 9.55 Å². The van der Waals surface area contributed by atoms with Crippen LogP contribution in [0.1, 0.15) is 26.1 Å². The maximum absolute atomic E-state index is 12.2. The first-order valence-electron chi connectivity index (χ1n) is 7.00. The summed E-state index contributed by atoms with van der Waals surface area (Å²) in [7, 11) is -3.36. The fourth-order valence-electron chi connectivity index (χ4n) is 2.27. The zero-order valence-electron chi connectivity index (χ0n) is 12.5. The number of fused-ring (bicyclic) bond motifs is 1. The third-order valence-corrected chi connectivity index (χ3v) is 5.16. The second-order valence-electron chi connectivity index (χ2n) is 5.28. The molecule has 1 atom stereocenters. The molecule has 0 aliphatic carbocycles. The van der Waals surface area contributed by atoms with Gasteiger partial charge in [-0.15, -0.1) is 0 Å². The van der Waals surface area contributed by atoms with Crippen molar-refractivity contribution in [2.75, 3.05) is 6.26 Å². The van der Waals surface area contributed by atoms with Crippen LogP contribution in [-0.4, -0.2) is 35.3 Å². The molecule has 0 radical (unpaired) electrons. The fraction of sp³-hybridized carbons (Fsp3) is 0.467. The van der Waals surface area contributed by atoms with Gasteiger partial charge < -0.3 is 4.57 Å². The highest BCUT2D eigenvalue weighted by atomic mass is 32.2. The fourth-order valence-corrected chi connectivity index (χ4v) is 2.83. The van der Waals surface area contributed by atoms with Gasteiger partial charge in [0.15, 0.2) is 15.6 Å². The predicted octanol–water partition coefficient (Wildman–Crippen LogP) is 1.99. The molecular formula is C15H20N2O3S. The lowest BCUT2D eigenvalue weighted by Crippen LogP contribution is -2.28. The quantitative estimate of drug-likeness (QED) is 0.818. The van der Waals surface area contributed by atoms with Crippen molar-refractivity contribution in [1.29, 1.82) is 0 Å². The normalized spacial score (nSPS) is 13.5. The molecule has 1 aromatic heterocycles. The van der Waals surface area contributed by atoms with Crippen molar-refractivity contribution in [2.45, 2.75) is 38.5 Å². The van der Waals surface area contributed by atoms with E-state index in [1.54, 1.807) is 0 Å². The van der Waals surface area contributed by atoms with Crippen LogP contribution in [0, 0.1) is 0 Å². The van der Waals surface area contributed by atoms with E-state index < -0.39 is 15.1 Å². The zero-order chi connectivity index (χ0) is 15.6. The number of para-hydroxylation sites is 2. The first kappa shape index (κ1) is 15.7. The Morgan fingerprint density at radius 2 is 2.00 bits per heavy atom. The van der Waals surface area contributed by atoms with Crippen molar-refractivity contribution in [3.63, 3.8) is 0 Å². The van der Waals surface area contributed by atoms with Crippen LogP contribution in [0.4, 0.5) is 0 Å². The summed E-state index contributed by atoms with van der Waals surface area (Å²) in [5.74, 6) is 0.323.